The molecule has 1 atom stereocenters. The smallest absolute Gasteiger partial charge is 0.338 e. The lowest BCUT2D eigenvalue weighted by Crippen LogP contribution is -2.30. The third kappa shape index (κ3) is 3.14. The summed E-state index contributed by atoms with van der Waals surface area (Å²) in [7, 11) is 0. The van der Waals surface area contributed by atoms with Crippen molar-refractivity contribution in [2.24, 2.45) is 0 Å². The first-order valence-corrected chi connectivity index (χ1v) is 9.66. The van der Waals surface area contributed by atoms with Gasteiger partial charge in [-0.05, 0) is 50.6 Å². The summed E-state index contributed by atoms with van der Waals surface area (Å²) in [6, 6.07) is 15.6. The number of allylic oxidation sites excluding steroid dienone is 1. The minimum absolute atomic E-state index is 0.193. The summed E-state index contributed by atoms with van der Waals surface area (Å²) in [4.78, 5) is 17.7. The SMILES string of the molecule is CC1=C(C(=O)OC(C)C)[C@H](c2cccc(Br)c2)n2c(nc3ccccc32)N1. The van der Waals surface area contributed by atoms with Gasteiger partial charge in [0.25, 0.3) is 0 Å². The van der Waals surface area contributed by atoms with Crippen molar-refractivity contribution >= 4 is 38.9 Å². The molecule has 1 N–H and O–H groups in total. The van der Waals surface area contributed by atoms with Crippen molar-refractivity contribution in [1.29, 1.82) is 0 Å². The van der Waals surface area contributed by atoms with E-state index >= 15 is 0 Å². The second-order valence-electron chi connectivity index (χ2n) is 6.87. The summed E-state index contributed by atoms with van der Waals surface area (Å²) in [5.74, 6) is 0.406. The number of aromatic nitrogens is 2. The molecule has 0 unspecified atom stereocenters. The quantitative estimate of drug-likeness (QED) is 0.597. The van der Waals surface area contributed by atoms with Crippen molar-refractivity contribution in [3.05, 3.63) is 69.8 Å². The Morgan fingerprint density at radius 1 is 1.22 bits per heavy atom. The van der Waals surface area contributed by atoms with Crippen LogP contribution >= 0.6 is 15.9 Å². The third-order valence-corrected chi connectivity index (χ3v) is 5.05. The number of carbonyl (C=O) groups excluding carboxylic acids is 1. The predicted molar refractivity (Wildman–Crippen MR) is 110 cm³/mol. The van der Waals surface area contributed by atoms with Gasteiger partial charge in [-0.1, -0.05) is 40.2 Å². The number of carbonyl (C=O) groups is 1. The van der Waals surface area contributed by atoms with E-state index in [4.69, 9.17) is 9.72 Å². The summed E-state index contributed by atoms with van der Waals surface area (Å²) in [5.41, 5.74) is 4.19. The first-order valence-electron chi connectivity index (χ1n) is 8.87. The van der Waals surface area contributed by atoms with Gasteiger partial charge >= 0.3 is 5.97 Å². The summed E-state index contributed by atoms with van der Waals surface area (Å²) < 4.78 is 8.59. The van der Waals surface area contributed by atoms with Gasteiger partial charge in [-0.25, -0.2) is 9.78 Å². The van der Waals surface area contributed by atoms with Crippen LogP contribution in [0.15, 0.2) is 64.3 Å². The summed E-state index contributed by atoms with van der Waals surface area (Å²) in [6.07, 6.45) is -0.193. The van der Waals surface area contributed by atoms with E-state index in [2.05, 4.69) is 25.8 Å². The summed E-state index contributed by atoms with van der Waals surface area (Å²) in [6.45, 7) is 5.61. The van der Waals surface area contributed by atoms with Crippen molar-refractivity contribution in [2.75, 3.05) is 5.32 Å². The monoisotopic (exact) mass is 425 g/mol. The summed E-state index contributed by atoms with van der Waals surface area (Å²) >= 11 is 3.55. The minimum atomic E-state index is -0.322. The number of halogens is 1. The van der Waals surface area contributed by atoms with E-state index in [0.717, 1.165) is 32.7 Å². The fourth-order valence-electron chi connectivity index (χ4n) is 3.50. The first kappa shape index (κ1) is 17.8. The highest BCUT2D eigenvalue weighted by Gasteiger charge is 2.35. The molecule has 0 radical (unpaired) electrons. The molecule has 0 saturated heterocycles. The van der Waals surface area contributed by atoms with Gasteiger partial charge in [0.2, 0.25) is 5.95 Å². The van der Waals surface area contributed by atoms with Crippen LogP contribution in [0.5, 0.6) is 0 Å². The fourth-order valence-corrected chi connectivity index (χ4v) is 3.91. The van der Waals surface area contributed by atoms with Crippen LogP contribution in [0.25, 0.3) is 11.0 Å². The van der Waals surface area contributed by atoms with E-state index in [1.807, 2.05) is 69.3 Å². The van der Waals surface area contributed by atoms with E-state index in [1.54, 1.807) is 0 Å². The zero-order chi connectivity index (χ0) is 19.1. The third-order valence-electron chi connectivity index (χ3n) is 4.56. The molecule has 2 heterocycles. The van der Waals surface area contributed by atoms with E-state index in [0.29, 0.717) is 5.57 Å². The van der Waals surface area contributed by atoms with E-state index in [1.165, 1.54) is 0 Å². The molecule has 138 valence electrons. The highest BCUT2D eigenvalue weighted by atomic mass is 79.9. The Labute approximate surface area is 166 Å². The van der Waals surface area contributed by atoms with Gasteiger partial charge < -0.3 is 10.1 Å². The number of para-hydroxylation sites is 2. The van der Waals surface area contributed by atoms with Crippen LogP contribution in [-0.2, 0) is 9.53 Å². The molecule has 27 heavy (non-hydrogen) atoms. The molecule has 0 fully saturated rings. The number of ether oxygens (including phenoxy) is 1. The average molecular weight is 426 g/mol. The Morgan fingerprint density at radius 2 is 2.00 bits per heavy atom. The van der Waals surface area contributed by atoms with Gasteiger partial charge in [0.15, 0.2) is 0 Å². The van der Waals surface area contributed by atoms with Gasteiger partial charge in [-0.15, -0.1) is 0 Å². The highest BCUT2D eigenvalue weighted by Crippen LogP contribution is 2.40. The number of imidazole rings is 1. The van der Waals surface area contributed by atoms with Crippen molar-refractivity contribution in [2.45, 2.75) is 32.9 Å². The zero-order valence-electron chi connectivity index (χ0n) is 15.4. The largest absolute Gasteiger partial charge is 0.459 e. The zero-order valence-corrected chi connectivity index (χ0v) is 16.9. The maximum absolute atomic E-state index is 13.0. The van der Waals surface area contributed by atoms with Crippen LogP contribution in [0.4, 0.5) is 5.95 Å². The Hall–Kier alpha value is -2.60. The van der Waals surface area contributed by atoms with E-state index in [-0.39, 0.29) is 18.1 Å². The van der Waals surface area contributed by atoms with Crippen LogP contribution in [0.1, 0.15) is 32.4 Å². The van der Waals surface area contributed by atoms with Crippen LogP contribution < -0.4 is 5.32 Å². The van der Waals surface area contributed by atoms with Crippen molar-refractivity contribution in [3.8, 4) is 0 Å². The number of anilines is 1. The Balaban J connectivity index is 1.97. The number of hydrogen-bond acceptors (Lipinski definition) is 4. The minimum Gasteiger partial charge on any atom is -0.459 e. The van der Waals surface area contributed by atoms with Crippen molar-refractivity contribution in [1.82, 2.24) is 9.55 Å². The predicted octanol–water partition coefficient (Wildman–Crippen LogP) is 5.04. The van der Waals surface area contributed by atoms with Crippen LogP contribution in [0, 0.1) is 0 Å². The lowest BCUT2D eigenvalue weighted by molar-refractivity contribution is -0.143. The molecule has 0 amide bonds. The molecule has 0 bridgehead atoms. The highest BCUT2D eigenvalue weighted by molar-refractivity contribution is 9.10. The molecular weight excluding hydrogens is 406 g/mol. The van der Waals surface area contributed by atoms with Crippen LogP contribution in [-0.4, -0.2) is 21.6 Å². The van der Waals surface area contributed by atoms with E-state index < -0.39 is 0 Å². The molecule has 6 heteroatoms. The number of hydrogen-bond donors (Lipinski definition) is 1. The Bertz CT molecular complexity index is 1070. The lowest BCUT2D eigenvalue weighted by Gasteiger charge is -2.30. The number of nitrogens with zero attached hydrogens (tertiary/aromatic N) is 2. The first-order chi connectivity index (χ1) is 13.0. The lowest BCUT2D eigenvalue weighted by atomic mass is 9.95. The fraction of sp³-hybridized carbons (Fsp3) is 0.238. The van der Waals surface area contributed by atoms with Crippen LogP contribution in [0.2, 0.25) is 0 Å². The summed E-state index contributed by atoms with van der Waals surface area (Å²) in [5, 5.41) is 3.29. The van der Waals surface area contributed by atoms with E-state index in [9.17, 15) is 4.79 Å². The van der Waals surface area contributed by atoms with Crippen molar-refractivity contribution in [3.63, 3.8) is 0 Å². The van der Waals surface area contributed by atoms with Gasteiger partial charge in [0.05, 0.1) is 28.8 Å². The van der Waals surface area contributed by atoms with Gasteiger partial charge in [-0.3, -0.25) is 4.57 Å². The Kier molecular flexibility index (Phi) is 4.52. The maximum atomic E-state index is 13.0. The standard InChI is InChI=1S/C21H20BrN3O2/c1-12(2)27-20(26)18-13(3)23-21-24-16-9-4-5-10-17(16)25(21)19(18)14-7-6-8-15(22)11-14/h4-12,19H,1-3H3,(H,23,24)/t19-/m0/s1. The molecule has 0 aliphatic carbocycles. The average Bonchev–Trinajstić information content (AvgIpc) is 2.97. The number of benzene rings is 2. The normalized spacial score (nSPS) is 16.4. The molecule has 0 spiro atoms. The number of rotatable bonds is 3. The van der Waals surface area contributed by atoms with Gasteiger partial charge in [-0.2, -0.15) is 0 Å². The molecule has 3 aromatic rings. The molecular formula is C21H20BrN3O2. The molecule has 1 aliphatic heterocycles. The molecule has 1 aliphatic rings. The molecule has 1 aromatic heterocycles. The van der Waals surface area contributed by atoms with Crippen LogP contribution in [0.3, 0.4) is 0 Å². The molecule has 4 rings (SSSR count). The van der Waals surface area contributed by atoms with Crippen molar-refractivity contribution < 1.29 is 9.53 Å². The maximum Gasteiger partial charge on any atom is 0.338 e. The number of fused-ring (bicyclic) bond motifs is 3. The molecule has 5 nitrogen and oxygen atoms in total. The van der Waals surface area contributed by atoms with Gasteiger partial charge in [0, 0.05) is 10.2 Å². The molecule has 2 aromatic carbocycles. The number of esters is 1. The number of nitrogens with one attached hydrogen (secondary N) is 1. The molecule has 0 saturated carbocycles. The Morgan fingerprint density at radius 3 is 2.74 bits per heavy atom. The second kappa shape index (κ2) is 6.85. The topological polar surface area (TPSA) is 56.2 Å². The second-order valence-corrected chi connectivity index (χ2v) is 7.79. The van der Waals surface area contributed by atoms with Gasteiger partial charge in [0.1, 0.15) is 0 Å².